The van der Waals surface area contributed by atoms with Crippen molar-refractivity contribution in [1.29, 1.82) is 0 Å². The number of unbranched alkanes of at least 4 members (excludes halogenated alkanes) is 4. The van der Waals surface area contributed by atoms with Crippen molar-refractivity contribution in [2.75, 3.05) is 18.5 Å². The van der Waals surface area contributed by atoms with E-state index in [1.54, 1.807) is 25.7 Å². The molecule has 0 saturated heterocycles. The number of hydrogen-bond acceptors (Lipinski definition) is 7. The summed E-state index contributed by atoms with van der Waals surface area (Å²) in [5.41, 5.74) is 0.495. The number of nitrogens with one attached hydrogen (secondary N) is 1. The minimum atomic E-state index is -0.369. The average molecular weight is 505 g/mol. The first-order valence-corrected chi connectivity index (χ1v) is 13.6. The molecule has 194 valence electrons. The van der Waals surface area contributed by atoms with Gasteiger partial charge in [-0.05, 0) is 43.9 Å². The Labute approximate surface area is 212 Å². The van der Waals surface area contributed by atoms with Crippen molar-refractivity contribution >= 4 is 23.5 Å². The van der Waals surface area contributed by atoms with Crippen molar-refractivity contribution in [3.05, 3.63) is 50.7 Å². The summed E-state index contributed by atoms with van der Waals surface area (Å²) < 4.78 is 7.73. The van der Waals surface area contributed by atoms with Crippen LogP contribution < -0.4 is 16.6 Å². The molecule has 0 aliphatic carbocycles. The van der Waals surface area contributed by atoms with Gasteiger partial charge >= 0.3 is 11.7 Å². The molecule has 0 spiro atoms. The Morgan fingerprint density at radius 3 is 2.49 bits per heavy atom. The molecule has 0 saturated carbocycles. The maximum Gasteiger partial charge on any atom is 0.347 e. The van der Waals surface area contributed by atoms with Gasteiger partial charge in [0.2, 0.25) is 5.82 Å². The van der Waals surface area contributed by atoms with Gasteiger partial charge in [0.05, 0.1) is 0 Å². The second kappa shape index (κ2) is 15.4. The molecule has 1 unspecified atom stereocenters. The third-order valence-corrected chi connectivity index (χ3v) is 6.74. The van der Waals surface area contributed by atoms with Crippen molar-refractivity contribution in [2.24, 2.45) is 7.05 Å². The van der Waals surface area contributed by atoms with Crippen LogP contribution in [0.25, 0.3) is 0 Å². The van der Waals surface area contributed by atoms with Crippen LogP contribution in [0.3, 0.4) is 0 Å². The van der Waals surface area contributed by atoms with E-state index >= 15 is 0 Å². The smallest absolute Gasteiger partial charge is 0.347 e. The van der Waals surface area contributed by atoms with Crippen LogP contribution in [0.2, 0.25) is 0 Å². The Hall–Kier alpha value is -2.55. The summed E-state index contributed by atoms with van der Waals surface area (Å²) in [6, 6.07) is 8.37. The summed E-state index contributed by atoms with van der Waals surface area (Å²) in [5.74, 6) is 0.0563. The van der Waals surface area contributed by atoms with E-state index in [1.165, 1.54) is 21.2 Å². The normalized spacial score (nSPS) is 11.9. The van der Waals surface area contributed by atoms with Gasteiger partial charge in [0.15, 0.2) is 0 Å². The standard InChI is InChI=1S/C26H40N4O4S/c1-5-7-8-9-10-18-30-25(32)24(28-29(4)26(30)33)27-17-11-12-21-13-15-22(16-14-21)35-20(3)19-34-23(31)6-2/h13-16,20H,5-12,17-19H2,1-4H3,(H,27,28). The molecule has 0 aliphatic rings. The Morgan fingerprint density at radius 2 is 1.80 bits per heavy atom. The molecular weight excluding hydrogens is 464 g/mol. The molecule has 0 aliphatic heterocycles. The fraction of sp³-hybridized carbons (Fsp3) is 0.615. The highest BCUT2D eigenvalue weighted by Crippen LogP contribution is 2.24. The second-order valence-electron chi connectivity index (χ2n) is 8.77. The Balaban J connectivity index is 1.82. The quantitative estimate of drug-likeness (QED) is 0.206. The molecule has 1 aromatic carbocycles. The third-order valence-electron chi connectivity index (χ3n) is 5.65. The number of carbonyl (C=O) groups is 1. The van der Waals surface area contributed by atoms with Gasteiger partial charge in [0.1, 0.15) is 6.61 Å². The number of aromatic nitrogens is 3. The third kappa shape index (κ3) is 9.92. The summed E-state index contributed by atoms with van der Waals surface area (Å²) in [6.45, 7) is 7.42. The van der Waals surface area contributed by atoms with Gasteiger partial charge < -0.3 is 10.1 Å². The number of hydrogen-bond donors (Lipinski definition) is 1. The van der Waals surface area contributed by atoms with Crippen molar-refractivity contribution in [2.45, 2.75) is 88.8 Å². The van der Waals surface area contributed by atoms with Crippen molar-refractivity contribution in [1.82, 2.24) is 14.3 Å². The number of anilines is 1. The molecular formula is C26H40N4O4S. The lowest BCUT2D eigenvalue weighted by atomic mass is 10.1. The lowest BCUT2D eigenvalue weighted by Gasteiger charge is -2.12. The van der Waals surface area contributed by atoms with Crippen molar-refractivity contribution < 1.29 is 9.53 Å². The van der Waals surface area contributed by atoms with Crippen LogP contribution in [-0.4, -0.2) is 38.7 Å². The van der Waals surface area contributed by atoms with Gasteiger partial charge in [0.25, 0.3) is 5.56 Å². The molecule has 0 amide bonds. The van der Waals surface area contributed by atoms with E-state index in [-0.39, 0.29) is 28.3 Å². The highest BCUT2D eigenvalue weighted by Gasteiger charge is 2.11. The highest BCUT2D eigenvalue weighted by molar-refractivity contribution is 8.00. The molecule has 1 atom stereocenters. The van der Waals surface area contributed by atoms with E-state index in [0.717, 1.165) is 43.4 Å². The minimum Gasteiger partial charge on any atom is -0.465 e. The molecule has 0 radical (unpaired) electrons. The molecule has 35 heavy (non-hydrogen) atoms. The summed E-state index contributed by atoms with van der Waals surface area (Å²) in [6.07, 6.45) is 7.36. The lowest BCUT2D eigenvalue weighted by Crippen LogP contribution is -2.41. The van der Waals surface area contributed by atoms with Gasteiger partial charge in [-0.25, -0.2) is 9.48 Å². The van der Waals surface area contributed by atoms with Crippen LogP contribution >= 0.6 is 11.8 Å². The number of nitrogens with zero attached hydrogens (tertiary/aromatic N) is 3. The maximum absolute atomic E-state index is 12.7. The van der Waals surface area contributed by atoms with Crippen LogP contribution in [0.5, 0.6) is 0 Å². The monoisotopic (exact) mass is 504 g/mol. The average Bonchev–Trinajstić information content (AvgIpc) is 2.85. The molecule has 1 aromatic heterocycles. The largest absolute Gasteiger partial charge is 0.465 e. The number of ether oxygens (including phenoxy) is 1. The minimum absolute atomic E-state index is 0.171. The van der Waals surface area contributed by atoms with E-state index in [1.807, 2.05) is 6.92 Å². The van der Waals surface area contributed by atoms with Crippen LogP contribution in [-0.2, 0) is 29.5 Å². The predicted molar refractivity (Wildman–Crippen MR) is 142 cm³/mol. The fourth-order valence-electron chi connectivity index (χ4n) is 3.62. The molecule has 2 aromatic rings. The summed E-state index contributed by atoms with van der Waals surface area (Å²) in [4.78, 5) is 37.5. The first kappa shape index (κ1) is 28.7. The molecule has 1 heterocycles. The van der Waals surface area contributed by atoms with Gasteiger partial charge in [-0.1, -0.05) is 51.7 Å². The van der Waals surface area contributed by atoms with E-state index in [2.05, 4.69) is 41.6 Å². The van der Waals surface area contributed by atoms with Crippen LogP contribution in [0.1, 0.15) is 71.3 Å². The first-order chi connectivity index (χ1) is 16.8. The zero-order valence-corrected chi connectivity index (χ0v) is 22.4. The van der Waals surface area contributed by atoms with Crippen LogP contribution in [0.4, 0.5) is 5.82 Å². The van der Waals surface area contributed by atoms with Gasteiger partial charge in [-0.2, -0.15) is 0 Å². The zero-order chi connectivity index (χ0) is 25.6. The lowest BCUT2D eigenvalue weighted by molar-refractivity contribution is -0.143. The Kier molecular flexibility index (Phi) is 12.7. The number of benzene rings is 1. The molecule has 0 fully saturated rings. The van der Waals surface area contributed by atoms with Gasteiger partial charge in [-0.3, -0.25) is 14.2 Å². The molecule has 8 nitrogen and oxygen atoms in total. The summed E-state index contributed by atoms with van der Waals surface area (Å²) >= 11 is 1.68. The predicted octanol–water partition coefficient (Wildman–Crippen LogP) is 4.39. The van der Waals surface area contributed by atoms with E-state index in [9.17, 15) is 14.4 Å². The van der Waals surface area contributed by atoms with Crippen LogP contribution in [0.15, 0.2) is 38.8 Å². The van der Waals surface area contributed by atoms with Crippen molar-refractivity contribution in [3.63, 3.8) is 0 Å². The number of thioether (sulfide) groups is 1. The molecule has 9 heteroatoms. The topological polar surface area (TPSA) is 95.2 Å². The fourth-order valence-corrected chi connectivity index (χ4v) is 4.51. The summed E-state index contributed by atoms with van der Waals surface area (Å²) in [7, 11) is 1.58. The SMILES string of the molecule is CCCCCCCn1c(=O)c(NCCCc2ccc(SC(C)COC(=O)CC)cc2)nn(C)c1=O. The Morgan fingerprint density at radius 1 is 1.09 bits per heavy atom. The number of aryl methyl sites for hydroxylation is 2. The first-order valence-electron chi connectivity index (χ1n) is 12.7. The van der Waals surface area contributed by atoms with E-state index < -0.39 is 0 Å². The molecule has 2 rings (SSSR count). The highest BCUT2D eigenvalue weighted by atomic mass is 32.2. The van der Waals surface area contributed by atoms with E-state index in [4.69, 9.17) is 4.74 Å². The summed E-state index contributed by atoms with van der Waals surface area (Å²) in [5, 5.41) is 7.44. The maximum atomic E-state index is 12.7. The zero-order valence-electron chi connectivity index (χ0n) is 21.5. The second-order valence-corrected chi connectivity index (χ2v) is 10.3. The Bertz CT molecular complexity index is 1030. The van der Waals surface area contributed by atoms with Crippen molar-refractivity contribution in [3.8, 4) is 0 Å². The molecule has 0 bridgehead atoms. The van der Waals surface area contributed by atoms with Crippen LogP contribution in [0, 0.1) is 0 Å². The van der Waals surface area contributed by atoms with Gasteiger partial charge in [-0.15, -0.1) is 16.9 Å². The molecule has 1 N–H and O–H groups in total. The number of carbonyl (C=O) groups excluding carboxylic acids is 1. The van der Waals surface area contributed by atoms with E-state index in [0.29, 0.717) is 26.1 Å². The number of rotatable bonds is 16. The number of esters is 1. The van der Waals surface area contributed by atoms with Gasteiger partial charge in [0, 0.05) is 36.7 Å².